The molecule has 1 aromatic rings. The summed E-state index contributed by atoms with van der Waals surface area (Å²) in [5.74, 6) is 0. The minimum absolute atomic E-state index is 0.179. The van der Waals surface area contributed by atoms with Crippen LogP contribution in [0.2, 0.25) is 0 Å². The lowest BCUT2D eigenvalue weighted by Crippen LogP contribution is -2.04. The molecule has 0 aliphatic heterocycles. The van der Waals surface area contributed by atoms with Gasteiger partial charge in [0.15, 0.2) is 0 Å². The Hall–Kier alpha value is -0.670. The van der Waals surface area contributed by atoms with Gasteiger partial charge < -0.3 is 10.4 Å². The molecule has 2 nitrogen and oxygen atoms in total. The van der Waals surface area contributed by atoms with E-state index in [-0.39, 0.29) is 6.61 Å². The van der Waals surface area contributed by atoms with Crippen LogP contribution in [0.4, 0.5) is 5.69 Å². The number of benzene rings is 1. The standard InChI is InChI=1S/C13H19NOS/c15-10-9-14-11-5-7-13(8-6-11)16-12-3-1-2-4-12/h5-8,12,14-15H,1-4,9-10H2. The number of hydrogen-bond donors (Lipinski definition) is 2. The monoisotopic (exact) mass is 237 g/mol. The zero-order valence-electron chi connectivity index (χ0n) is 9.48. The molecule has 1 aromatic carbocycles. The zero-order chi connectivity index (χ0) is 11.2. The summed E-state index contributed by atoms with van der Waals surface area (Å²) in [4.78, 5) is 1.36. The van der Waals surface area contributed by atoms with Crippen LogP contribution >= 0.6 is 11.8 Å². The van der Waals surface area contributed by atoms with Crippen molar-refractivity contribution in [2.45, 2.75) is 35.8 Å². The van der Waals surface area contributed by atoms with Crippen LogP contribution in [0.25, 0.3) is 0 Å². The summed E-state index contributed by atoms with van der Waals surface area (Å²) >= 11 is 2.01. The van der Waals surface area contributed by atoms with Crippen molar-refractivity contribution >= 4 is 17.4 Å². The molecule has 1 saturated carbocycles. The van der Waals surface area contributed by atoms with E-state index >= 15 is 0 Å². The second kappa shape index (κ2) is 6.16. The highest BCUT2D eigenvalue weighted by atomic mass is 32.2. The summed E-state index contributed by atoms with van der Waals surface area (Å²) in [6.45, 7) is 0.799. The zero-order valence-corrected chi connectivity index (χ0v) is 10.3. The Morgan fingerprint density at radius 3 is 2.50 bits per heavy atom. The molecule has 0 heterocycles. The predicted molar refractivity (Wildman–Crippen MR) is 70.1 cm³/mol. The van der Waals surface area contributed by atoms with Crippen LogP contribution in [0.5, 0.6) is 0 Å². The van der Waals surface area contributed by atoms with Gasteiger partial charge >= 0.3 is 0 Å². The van der Waals surface area contributed by atoms with Crippen molar-refractivity contribution in [2.24, 2.45) is 0 Å². The summed E-state index contributed by atoms with van der Waals surface area (Å²) in [6, 6.07) is 8.52. The van der Waals surface area contributed by atoms with Gasteiger partial charge in [-0.25, -0.2) is 0 Å². The number of thioether (sulfide) groups is 1. The largest absolute Gasteiger partial charge is 0.395 e. The molecule has 0 amide bonds. The van der Waals surface area contributed by atoms with E-state index < -0.39 is 0 Å². The third-order valence-corrected chi connectivity index (χ3v) is 4.25. The Kier molecular flexibility index (Phi) is 4.55. The first kappa shape index (κ1) is 11.8. The Morgan fingerprint density at radius 1 is 1.19 bits per heavy atom. The van der Waals surface area contributed by atoms with E-state index in [1.807, 2.05) is 11.8 Å². The molecule has 1 fully saturated rings. The average Bonchev–Trinajstić information content (AvgIpc) is 2.81. The highest BCUT2D eigenvalue weighted by molar-refractivity contribution is 8.00. The number of nitrogens with one attached hydrogen (secondary N) is 1. The topological polar surface area (TPSA) is 32.3 Å². The Labute approximate surface area is 101 Å². The molecule has 88 valence electrons. The Balaban J connectivity index is 1.86. The molecule has 0 radical (unpaired) electrons. The molecular weight excluding hydrogens is 218 g/mol. The summed E-state index contributed by atoms with van der Waals surface area (Å²) in [7, 11) is 0. The maximum atomic E-state index is 8.71. The Morgan fingerprint density at radius 2 is 1.88 bits per heavy atom. The van der Waals surface area contributed by atoms with Crippen molar-refractivity contribution in [3.63, 3.8) is 0 Å². The number of aliphatic hydroxyl groups excluding tert-OH is 1. The van der Waals surface area contributed by atoms with Gasteiger partial charge in [-0.2, -0.15) is 0 Å². The van der Waals surface area contributed by atoms with E-state index in [1.54, 1.807) is 0 Å². The third kappa shape index (κ3) is 3.42. The minimum Gasteiger partial charge on any atom is -0.395 e. The van der Waals surface area contributed by atoms with Crippen molar-refractivity contribution in [2.75, 3.05) is 18.5 Å². The van der Waals surface area contributed by atoms with Crippen molar-refractivity contribution in [3.05, 3.63) is 24.3 Å². The molecule has 1 aliphatic rings. The molecule has 0 spiro atoms. The van der Waals surface area contributed by atoms with Crippen LogP contribution in [-0.2, 0) is 0 Å². The molecule has 16 heavy (non-hydrogen) atoms. The third-order valence-electron chi connectivity index (χ3n) is 2.90. The lowest BCUT2D eigenvalue weighted by molar-refractivity contribution is 0.311. The molecule has 1 aliphatic carbocycles. The first-order chi connectivity index (χ1) is 7.88. The fourth-order valence-corrected chi connectivity index (χ4v) is 3.30. The van der Waals surface area contributed by atoms with Crippen LogP contribution in [-0.4, -0.2) is 23.5 Å². The first-order valence-electron chi connectivity index (χ1n) is 6.00. The number of aliphatic hydroxyl groups is 1. The van der Waals surface area contributed by atoms with Gasteiger partial charge in [-0.1, -0.05) is 12.8 Å². The van der Waals surface area contributed by atoms with E-state index in [1.165, 1.54) is 30.6 Å². The van der Waals surface area contributed by atoms with Crippen molar-refractivity contribution < 1.29 is 5.11 Å². The molecular formula is C13H19NOS. The van der Waals surface area contributed by atoms with Crippen LogP contribution < -0.4 is 5.32 Å². The van der Waals surface area contributed by atoms with E-state index in [0.29, 0.717) is 6.54 Å². The second-order valence-corrected chi connectivity index (χ2v) is 5.57. The van der Waals surface area contributed by atoms with Crippen LogP contribution in [0.15, 0.2) is 29.2 Å². The van der Waals surface area contributed by atoms with Gasteiger partial charge in [-0.05, 0) is 37.1 Å². The summed E-state index contributed by atoms with van der Waals surface area (Å²) in [6.07, 6.45) is 5.53. The SMILES string of the molecule is OCCNc1ccc(SC2CCCC2)cc1. The maximum absolute atomic E-state index is 8.71. The predicted octanol–water partition coefficient (Wildman–Crippen LogP) is 3.13. The average molecular weight is 237 g/mol. The maximum Gasteiger partial charge on any atom is 0.0604 e. The van der Waals surface area contributed by atoms with Crippen molar-refractivity contribution in [1.82, 2.24) is 0 Å². The van der Waals surface area contributed by atoms with Crippen LogP contribution in [0.3, 0.4) is 0 Å². The highest BCUT2D eigenvalue weighted by Crippen LogP contribution is 2.34. The summed E-state index contributed by atoms with van der Waals surface area (Å²) in [5.41, 5.74) is 1.09. The molecule has 0 aromatic heterocycles. The number of anilines is 1. The lowest BCUT2D eigenvalue weighted by Gasteiger charge is -2.09. The van der Waals surface area contributed by atoms with Gasteiger partial charge in [0.25, 0.3) is 0 Å². The summed E-state index contributed by atoms with van der Waals surface area (Å²) < 4.78 is 0. The number of rotatable bonds is 5. The molecule has 0 unspecified atom stereocenters. The first-order valence-corrected chi connectivity index (χ1v) is 6.88. The smallest absolute Gasteiger partial charge is 0.0604 e. The van der Waals surface area contributed by atoms with E-state index in [4.69, 9.17) is 5.11 Å². The van der Waals surface area contributed by atoms with E-state index in [2.05, 4.69) is 29.6 Å². The second-order valence-electron chi connectivity index (χ2n) is 4.20. The molecule has 2 N–H and O–H groups in total. The normalized spacial score (nSPS) is 16.6. The van der Waals surface area contributed by atoms with Crippen LogP contribution in [0, 0.1) is 0 Å². The van der Waals surface area contributed by atoms with E-state index in [9.17, 15) is 0 Å². The van der Waals surface area contributed by atoms with E-state index in [0.717, 1.165) is 10.9 Å². The van der Waals surface area contributed by atoms with Gasteiger partial charge in [0.1, 0.15) is 0 Å². The van der Waals surface area contributed by atoms with Gasteiger partial charge in [0, 0.05) is 22.4 Å². The number of hydrogen-bond acceptors (Lipinski definition) is 3. The van der Waals surface area contributed by atoms with Crippen molar-refractivity contribution in [3.8, 4) is 0 Å². The molecule has 3 heteroatoms. The van der Waals surface area contributed by atoms with Gasteiger partial charge in [-0.3, -0.25) is 0 Å². The van der Waals surface area contributed by atoms with Crippen LogP contribution in [0.1, 0.15) is 25.7 Å². The summed E-state index contributed by atoms with van der Waals surface area (Å²) in [5, 5.41) is 12.7. The Bertz CT molecular complexity index is 306. The minimum atomic E-state index is 0.179. The molecule has 0 bridgehead atoms. The molecule has 0 saturated heterocycles. The van der Waals surface area contributed by atoms with Crippen molar-refractivity contribution in [1.29, 1.82) is 0 Å². The van der Waals surface area contributed by atoms with Gasteiger partial charge in [0.2, 0.25) is 0 Å². The highest BCUT2D eigenvalue weighted by Gasteiger charge is 2.15. The fraction of sp³-hybridized carbons (Fsp3) is 0.538. The van der Waals surface area contributed by atoms with Gasteiger partial charge in [0.05, 0.1) is 6.61 Å². The van der Waals surface area contributed by atoms with Gasteiger partial charge in [-0.15, -0.1) is 11.8 Å². The fourth-order valence-electron chi connectivity index (χ4n) is 2.05. The molecule has 0 atom stereocenters. The quantitative estimate of drug-likeness (QED) is 0.825. The lowest BCUT2D eigenvalue weighted by atomic mass is 10.3. The molecule has 2 rings (SSSR count).